The number of aromatic nitrogens is 2. The number of ether oxygens (including phenoxy) is 3. The number of benzene rings is 1. The van der Waals surface area contributed by atoms with E-state index in [0.29, 0.717) is 30.9 Å². The van der Waals surface area contributed by atoms with Crippen molar-refractivity contribution < 1.29 is 23.4 Å². The van der Waals surface area contributed by atoms with Crippen LogP contribution in [0.1, 0.15) is 12.8 Å². The summed E-state index contributed by atoms with van der Waals surface area (Å²) in [5.41, 5.74) is 0.807. The number of hydrogen-bond acceptors (Lipinski definition) is 8. The molecule has 8 nitrogen and oxygen atoms in total. The zero-order valence-electron chi connectivity index (χ0n) is 15.7. The van der Waals surface area contributed by atoms with Crippen LogP contribution in [-0.2, 0) is 14.3 Å². The Kier molecular flexibility index (Phi) is 6.13. The fourth-order valence-electron chi connectivity index (χ4n) is 3.44. The van der Waals surface area contributed by atoms with Crippen molar-refractivity contribution in [1.29, 1.82) is 0 Å². The lowest BCUT2D eigenvalue weighted by molar-refractivity contribution is -0.136. The monoisotopic (exact) mass is 405 g/mol. The fraction of sp³-hybridized carbons (Fsp3) is 0.526. The summed E-state index contributed by atoms with van der Waals surface area (Å²) in [5, 5.41) is 8.48. The number of carbonyl (C=O) groups excluding carboxylic acids is 1. The molecule has 0 spiro atoms. The number of likely N-dealkylation sites (tertiary alicyclic amines) is 1. The first-order valence-electron chi connectivity index (χ1n) is 9.34. The summed E-state index contributed by atoms with van der Waals surface area (Å²) in [6.45, 7) is 2.71. The molecule has 0 aliphatic carbocycles. The summed E-state index contributed by atoms with van der Waals surface area (Å²) >= 11 is 1.26. The Morgan fingerprint density at radius 3 is 2.79 bits per heavy atom. The molecule has 3 heterocycles. The molecule has 1 amide bonds. The van der Waals surface area contributed by atoms with Gasteiger partial charge in [0.15, 0.2) is 6.29 Å². The molecule has 9 heteroatoms. The number of thioether (sulfide) groups is 1. The van der Waals surface area contributed by atoms with E-state index < -0.39 is 0 Å². The zero-order chi connectivity index (χ0) is 19.3. The van der Waals surface area contributed by atoms with Crippen molar-refractivity contribution in [3.8, 4) is 17.2 Å². The standard InChI is InChI=1S/C19H23N3O5S/c1-24-15-6-4-13(5-7-15)17-20-21-19(27-17)28-12-16(23)22-8-2-3-14(11-22)18-25-9-10-26-18/h4-7,14,18H,2-3,8-12H2,1H3. The largest absolute Gasteiger partial charge is 0.497 e. The number of hydrogen-bond donors (Lipinski definition) is 0. The van der Waals surface area contributed by atoms with Crippen LogP contribution >= 0.6 is 11.8 Å². The highest BCUT2D eigenvalue weighted by atomic mass is 32.2. The molecule has 0 N–H and O–H groups in total. The van der Waals surface area contributed by atoms with Crippen LogP contribution in [0.3, 0.4) is 0 Å². The van der Waals surface area contributed by atoms with Gasteiger partial charge in [-0.2, -0.15) is 0 Å². The molecule has 28 heavy (non-hydrogen) atoms. The van der Waals surface area contributed by atoms with Crippen LogP contribution in [0.4, 0.5) is 0 Å². The van der Waals surface area contributed by atoms with E-state index in [1.807, 2.05) is 29.2 Å². The highest BCUT2D eigenvalue weighted by Gasteiger charge is 2.32. The average Bonchev–Trinajstić information content (AvgIpc) is 3.44. The third-order valence-electron chi connectivity index (χ3n) is 4.91. The molecule has 0 bridgehead atoms. The molecule has 2 fully saturated rings. The Hall–Kier alpha value is -2.10. The lowest BCUT2D eigenvalue weighted by atomic mass is 9.97. The Morgan fingerprint density at radius 1 is 1.25 bits per heavy atom. The Morgan fingerprint density at radius 2 is 2.04 bits per heavy atom. The third-order valence-corrected chi connectivity index (χ3v) is 5.71. The maximum atomic E-state index is 12.6. The van der Waals surface area contributed by atoms with E-state index in [1.54, 1.807) is 7.11 Å². The van der Waals surface area contributed by atoms with Crippen LogP contribution in [0.15, 0.2) is 33.9 Å². The second kappa shape index (κ2) is 8.93. The molecule has 1 unspecified atom stereocenters. The van der Waals surface area contributed by atoms with Gasteiger partial charge in [0.05, 0.1) is 26.1 Å². The van der Waals surface area contributed by atoms with E-state index in [1.165, 1.54) is 11.8 Å². The lowest BCUT2D eigenvalue weighted by Crippen LogP contribution is -2.44. The predicted molar refractivity (Wildman–Crippen MR) is 102 cm³/mol. The van der Waals surface area contributed by atoms with Crippen LogP contribution < -0.4 is 4.74 Å². The summed E-state index contributed by atoms with van der Waals surface area (Å²) < 4.78 is 22.0. The summed E-state index contributed by atoms with van der Waals surface area (Å²) in [7, 11) is 1.62. The van der Waals surface area contributed by atoms with Crippen molar-refractivity contribution in [2.45, 2.75) is 24.4 Å². The predicted octanol–water partition coefficient (Wildman–Crippen LogP) is 2.45. The van der Waals surface area contributed by atoms with Crippen LogP contribution in [0.5, 0.6) is 5.75 Å². The number of piperidine rings is 1. The van der Waals surface area contributed by atoms with Crippen LogP contribution in [0.2, 0.25) is 0 Å². The maximum absolute atomic E-state index is 12.6. The molecule has 0 radical (unpaired) electrons. The summed E-state index contributed by atoms with van der Waals surface area (Å²) in [4.78, 5) is 14.5. The summed E-state index contributed by atoms with van der Waals surface area (Å²) in [6, 6.07) is 7.38. The quantitative estimate of drug-likeness (QED) is 0.678. The highest BCUT2D eigenvalue weighted by Crippen LogP contribution is 2.27. The van der Waals surface area contributed by atoms with Gasteiger partial charge in [-0.15, -0.1) is 10.2 Å². The first-order chi connectivity index (χ1) is 13.7. The van der Waals surface area contributed by atoms with Gasteiger partial charge in [-0.3, -0.25) is 4.79 Å². The van der Waals surface area contributed by atoms with Gasteiger partial charge < -0.3 is 23.5 Å². The molecule has 4 rings (SSSR count). The normalized spacial score (nSPS) is 20.5. The first kappa shape index (κ1) is 19.2. The van der Waals surface area contributed by atoms with Gasteiger partial charge in [-0.1, -0.05) is 11.8 Å². The van der Waals surface area contributed by atoms with E-state index in [0.717, 1.165) is 30.7 Å². The van der Waals surface area contributed by atoms with Crippen LogP contribution in [-0.4, -0.2) is 66.5 Å². The molecule has 2 aliphatic rings. The Labute approximate surface area is 167 Å². The summed E-state index contributed by atoms with van der Waals surface area (Å²) in [5.74, 6) is 1.76. The van der Waals surface area contributed by atoms with Crippen molar-refractivity contribution in [3.63, 3.8) is 0 Å². The number of nitrogens with zero attached hydrogens (tertiary/aromatic N) is 3. The number of methoxy groups -OCH3 is 1. The van der Waals surface area contributed by atoms with E-state index in [4.69, 9.17) is 18.6 Å². The topological polar surface area (TPSA) is 86.9 Å². The molecule has 2 saturated heterocycles. The highest BCUT2D eigenvalue weighted by molar-refractivity contribution is 7.99. The second-order valence-electron chi connectivity index (χ2n) is 6.74. The second-order valence-corrected chi connectivity index (χ2v) is 7.67. The fourth-order valence-corrected chi connectivity index (χ4v) is 4.11. The van der Waals surface area contributed by atoms with E-state index in [9.17, 15) is 4.79 Å². The van der Waals surface area contributed by atoms with Crippen molar-refractivity contribution in [3.05, 3.63) is 24.3 Å². The average molecular weight is 405 g/mol. The van der Waals surface area contributed by atoms with Gasteiger partial charge >= 0.3 is 0 Å². The number of carbonyl (C=O) groups is 1. The molecule has 1 aromatic heterocycles. The number of rotatable bonds is 6. The van der Waals surface area contributed by atoms with Gasteiger partial charge in [-0.25, -0.2) is 0 Å². The Bertz CT molecular complexity index is 791. The lowest BCUT2D eigenvalue weighted by Gasteiger charge is -2.34. The van der Waals surface area contributed by atoms with E-state index >= 15 is 0 Å². The molecule has 2 aliphatic heterocycles. The van der Waals surface area contributed by atoms with Crippen LogP contribution in [0.25, 0.3) is 11.5 Å². The third kappa shape index (κ3) is 4.48. The summed E-state index contributed by atoms with van der Waals surface area (Å²) in [6.07, 6.45) is 1.81. The Balaban J connectivity index is 1.30. The van der Waals surface area contributed by atoms with Crippen molar-refractivity contribution >= 4 is 17.7 Å². The van der Waals surface area contributed by atoms with Gasteiger partial charge in [0.25, 0.3) is 5.22 Å². The van der Waals surface area contributed by atoms with Crippen molar-refractivity contribution in [1.82, 2.24) is 15.1 Å². The molecule has 2 aromatic rings. The molecule has 1 aromatic carbocycles. The van der Waals surface area contributed by atoms with Crippen molar-refractivity contribution in [2.75, 3.05) is 39.2 Å². The van der Waals surface area contributed by atoms with Crippen molar-refractivity contribution in [2.24, 2.45) is 5.92 Å². The van der Waals surface area contributed by atoms with Gasteiger partial charge in [-0.05, 0) is 37.1 Å². The smallest absolute Gasteiger partial charge is 0.277 e. The first-order valence-corrected chi connectivity index (χ1v) is 10.3. The number of amides is 1. The SMILES string of the molecule is COc1ccc(-c2nnc(SCC(=O)N3CCCC(C4OCCO4)C3)o2)cc1. The molecular formula is C19H23N3O5S. The zero-order valence-corrected chi connectivity index (χ0v) is 16.5. The van der Waals surface area contributed by atoms with Gasteiger partial charge in [0.1, 0.15) is 5.75 Å². The molecular weight excluding hydrogens is 382 g/mol. The minimum absolute atomic E-state index is 0.0666. The van der Waals surface area contributed by atoms with E-state index in [2.05, 4.69) is 10.2 Å². The van der Waals surface area contributed by atoms with E-state index in [-0.39, 0.29) is 23.9 Å². The molecule has 0 saturated carbocycles. The molecule has 1 atom stereocenters. The van der Waals surface area contributed by atoms with Gasteiger partial charge in [0.2, 0.25) is 11.8 Å². The minimum Gasteiger partial charge on any atom is -0.497 e. The van der Waals surface area contributed by atoms with Gasteiger partial charge in [0, 0.05) is 24.6 Å². The molecule has 150 valence electrons. The van der Waals surface area contributed by atoms with Crippen LogP contribution in [0, 0.1) is 5.92 Å². The minimum atomic E-state index is -0.175. The maximum Gasteiger partial charge on any atom is 0.277 e.